The van der Waals surface area contributed by atoms with Gasteiger partial charge in [-0.2, -0.15) is 8.42 Å². The molecule has 5 rings (SSSR count). The molecule has 40 heavy (non-hydrogen) atoms. The molecule has 1 fully saturated rings. The van der Waals surface area contributed by atoms with Crippen LogP contribution in [0, 0.1) is 20.8 Å². The fourth-order valence-corrected chi connectivity index (χ4v) is 6.98. The van der Waals surface area contributed by atoms with E-state index < -0.39 is 15.1 Å². The number of hydrogen-bond donors (Lipinski definition) is 0. The normalized spacial score (nSPS) is 15.3. The maximum Gasteiger partial charge on any atom is 0.409 e. The Labute approximate surface area is 233 Å². The molecule has 1 aliphatic heterocycles. The maximum absolute atomic E-state index is 14.2. The van der Waals surface area contributed by atoms with Gasteiger partial charge in [0.25, 0.3) is 0 Å². The van der Waals surface area contributed by atoms with Crippen molar-refractivity contribution >= 4 is 22.0 Å². The van der Waals surface area contributed by atoms with Crippen molar-refractivity contribution in [3.05, 3.63) is 92.4 Å². The molecule has 0 bridgehead atoms. The second-order valence-corrected chi connectivity index (χ2v) is 11.5. The number of benzene rings is 3. The van der Waals surface area contributed by atoms with Crippen LogP contribution in [-0.4, -0.2) is 57.1 Å². The van der Waals surface area contributed by atoms with E-state index in [9.17, 15) is 17.1 Å². The Bertz CT molecular complexity index is 1600. The van der Waals surface area contributed by atoms with E-state index in [4.69, 9.17) is 10.3 Å². The van der Waals surface area contributed by atoms with Crippen LogP contribution in [-0.2, 0) is 21.5 Å². The Hall–Kier alpha value is -3.92. The van der Waals surface area contributed by atoms with Crippen molar-refractivity contribution in [2.45, 2.75) is 38.1 Å². The van der Waals surface area contributed by atoms with E-state index in [2.05, 4.69) is 39.2 Å². The third-order valence-corrected chi connectivity index (χ3v) is 9.13. The summed E-state index contributed by atoms with van der Waals surface area (Å²) in [6.45, 7) is 7.21. The zero-order valence-electron chi connectivity index (χ0n) is 22.6. The van der Waals surface area contributed by atoms with Crippen LogP contribution in [0.3, 0.4) is 0 Å². The van der Waals surface area contributed by atoms with Gasteiger partial charge in [0.2, 0.25) is 0 Å². The molecule has 3 aromatic rings. The summed E-state index contributed by atoms with van der Waals surface area (Å²) in [5, 5.41) is 3.65. The van der Waals surface area contributed by atoms with Gasteiger partial charge in [-0.1, -0.05) is 53.6 Å². The predicted molar refractivity (Wildman–Crippen MR) is 150 cm³/mol. The van der Waals surface area contributed by atoms with Crippen molar-refractivity contribution in [3.8, 4) is 11.1 Å². The molecule has 0 unspecified atom stereocenters. The predicted octanol–water partition coefficient (Wildman–Crippen LogP) is 6.28. The Kier molecular flexibility index (Phi) is 7.55. The molecule has 9 nitrogen and oxygen atoms in total. The van der Waals surface area contributed by atoms with Gasteiger partial charge in [0.15, 0.2) is 0 Å². The van der Waals surface area contributed by atoms with Crippen molar-refractivity contribution in [3.63, 3.8) is 0 Å². The summed E-state index contributed by atoms with van der Waals surface area (Å²) in [5.41, 5.74) is 15.4. The molecule has 0 N–H and O–H groups in total. The van der Waals surface area contributed by atoms with Crippen LogP contribution in [0.15, 0.2) is 58.5 Å². The first-order valence-corrected chi connectivity index (χ1v) is 14.4. The molecule has 0 radical (unpaired) electrons. The Morgan fingerprint density at radius 1 is 0.975 bits per heavy atom. The first kappa shape index (κ1) is 27.6. The van der Waals surface area contributed by atoms with Crippen LogP contribution in [0.5, 0.6) is 0 Å². The van der Waals surface area contributed by atoms with Gasteiger partial charge in [-0.05, 0) is 70.8 Å². The largest absolute Gasteiger partial charge is 0.448 e. The first-order valence-electron chi connectivity index (χ1n) is 13.1. The Morgan fingerprint density at radius 3 is 2.10 bits per heavy atom. The average Bonchev–Trinajstić information content (AvgIpc) is 3.25. The third-order valence-electron chi connectivity index (χ3n) is 8.03. The number of piperazine rings is 1. The summed E-state index contributed by atoms with van der Waals surface area (Å²) in [6.07, 6.45) is -0.374. The highest BCUT2D eigenvalue weighted by molar-refractivity contribution is 7.86. The summed E-state index contributed by atoms with van der Waals surface area (Å²) in [6, 6.07) is 16.4. The van der Waals surface area contributed by atoms with Gasteiger partial charge < -0.3 is 9.64 Å². The molecular formula is C29H30FN5O4S. The topological polar surface area (TPSA) is 116 Å². The number of amides is 1. The summed E-state index contributed by atoms with van der Waals surface area (Å²) >= 11 is 0. The second kappa shape index (κ2) is 10.9. The van der Waals surface area contributed by atoms with Crippen LogP contribution >= 0.6 is 0 Å². The number of ether oxygens (including phenoxy) is 1. The van der Waals surface area contributed by atoms with Gasteiger partial charge in [-0.3, -0.25) is 4.90 Å². The van der Waals surface area contributed by atoms with Gasteiger partial charge in [0, 0.05) is 49.2 Å². The van der Waals surface area contributed by atoms with E-state index in [-0.39, 0.29) is 29.9 Å². The molecule has 0 saturated carbocycles. The highest BCUT2D eigenvalue weighted by Crippen LogP contribution is 2.44. The molecule has 0 spiro atoms. The number of halogens is 1. The highest BCUT2D eigenvalue weighted by atomic mass is 32.3. The van der Waals surface area contributed by atoms with E-state index >= 15 is 0 Å². The van der Waals surface area contributed by atoms with Gasteiger partial charge in [0.1, 0.15) is 11.5 Å². The summed E-state index contributed by atoms with van der Waals surface area (Å²) in [4.78, 5) is 19.1. The molecule has 208 valence electrons. The average molecular weight is 564 g/mol. The lowest BCUT2D eigenvalue weighted by atomic mass is 9.96. The van der Waals surface area contributed by atoms with Crippen molar-refractivity contribution < 1.29 is 21.8 Å². The number of nitrogens with zero attached hydrogens (tertiary/aromatic N) is 5. The quantitative estimate of drug-likeness (QED) is 0.152. The molecule has 1 saturated heterocycles. The molecule has 0 atom stereocenters. The molecule has 1 amide bonds. The van der Waals surface area contributed by atoms with Crippen molar-refractivity contribution in [2.75, 3.05) is 32.8 Å². The van der Waals surface area contributed by atoms with E-state index in [0.717, 1.165) is 11.1 Å². The highest BCUT2D eigenvalue weighted by Gasteiger charge is 2.31. The molecule has 1 heterocycles. The van der Waals surface area contributed by atoms with Gasteiger partial charge in [-0.25, -0.2) is 4.79 Å². The van der Waals surface area contributed by atoms with Crippen molar-refractivity contribution in [1.82, 2.24) is 9.80 Å². The smallest absolute Gasteiger partial charge is 0.409 e. The number of fused-ring (bicyclic) bond motifs is 3. The number of azide groups is 1. The number of rotatable bonds is 6. The van der Waals surface area contributed by atoms with Crippen LogP contribution in [0.2, 0.25) is 0 Å². The van der Waals surface area contributed by atoms with Crippen LogP contribution in [0.1, 0.15) is 39.3 Å². The van der Waals surface area contributed by atoms with Crippen molar-refractivity contribution in [2.24, 2.45) is 5.11 Å². The minimum Gasteiger partial charge on any atom is -0.448 e. The fourth-order valence-electron chi connectivity index (χ4n) is 6.03. The molecule has 2 aliphatic rings. The Morgan fingerprint density at radius 2 is 1.55 bits per heavy atom. The minimum absolute atomic E-state index is 0.0172. The number of carbonyl (C=O) groups is 1. The van der Waals surface area contributed by atoms with Crippen LogP contribution in [0.4, 0.5) is 14.4 Å². The maximum atomic E-state index is 14.2. The first-order chi connectivity index (χ1) is 19.1. The summed E-state index contributed by atoms with van der Waals surface area (Å²) < 4.78 is 43.9. The fraction of sp³-hybridized carbons (Fsp3) is 0.345. The van der Waals surface area contributed by atoms with Gasteiger partial charge in [0.05, 0.1) is 0 Å². The van der Waals surface area contributed by atoms with E-state index in [1.165, 1.54) is 18.1 Å². The molecule has 3 aromatic carbocycles. The van der Waals surface area contributed by atoms with E-state index in [1.54, 1.807) is 18.7 Å². The monoisotopic (exact) mass is 563 g/mol. The molecule has 1 aliphatic carbocycles. The van der Waals surface area contributed by atoms with Crippen LogP contribution < -0.4 is 0 Å². The lowest BCUT2D eigenvalue weighted by molar-refractivity contribution is 0.0727. The zero-order valence-corrected chi connectivity index (χ0v) is 23.4. The number of hydrogen-bond acceptors (Lipinski definition) is 6. The molecule has 0 aromatic heterocycles. The van der Waals surface area contributed by atoms with E-state index in [0.29, 0.717) is 49.4 Å². The van der Waals surface area contributed by atoms with Crippen molar-refractivity contribution in [1.29, 1.82) is 0 Å². The molecular weight excluding hydrogens is 533 g/mol. The lowest BCUT2D eigenvalue weighted by Gasteiger charge is -2.35. The van der Waals surface area contributed by atoms with E-state index in [1.807, 2.05) is 24.3 Å². The van der Waals surface area contributed by atoms with Gasteiger partial charge in [-0.15, -0.1) is 3.89 Å². The third kappa shape index (κ3) is 5.03. The standard InChI is InChI=1S/C29H30FN5O4S/c1-18-25(19(2)28(40(30,37)38)20(3)27(18)32-33-31)16-34-12-14-35(15-13-34)29(36)39-17-26-23-10-6-4-8-21(23)22-9-5-7-11-24(22)26/h4-11,26H,12-17H2,1-3H3. The number of carbonyl (C=O) groups excluding carboxylic acids is 1. The summed E-state index contributed by atoms with van der Waals surface area (Å²) in [7, 11) is -5.03. The van der Waals surface area contributed by atoms with Gasteiger partial charge >= 0.3 is 16.3 Å². The van der Waals surface area contributed by atoms with Crippen LogP contribution in [0.25, 0.3) is 21.6 Å². The molecule has 11 heteroatoms. The summed E-state index contributed by atoms with van der Waals surface area (Å²) in [5.74, 6) is -0.0172. The second-order valence-electron chi connectivity index (χ2n) is 10.2. The minimum atomic E-state index is -5.03. The zero-order chi connectivity index (χ0) is 28.6. The Balaban J connectivity index is 1.25. The lowest BCUT2D eigenvalue weighted by Crippen LogP contribution is -2.48. The SMILES string of the molecule is Cc1c(CN2CCN(C(=O)OCC3c4ccccc4-c4ccccc43)CC2)c(C)c(S(=O)(=O)F)c(C)c1N=[N+]=[N-].